The fourth-order valence-electron chi connectivity index (χ4n) is 4.46. The molecule has 1 atom stereocenters. The van der Waals surface area contributed by atoms with E-state index in [-0.39, 0.29) is 24.5 Å². The SMILES string of the molecule is C=C(C)C(=O)OC(COCC)COc1ccc(-c2nc(-c3ccc(C)cc3C)nc(-c3ccc(C)cc3C)n2)c(O)c1. The second-order valence-electron chi connectivity index (χ2n) is 10.4. The Kier molecular flexibility index (Phi) is 9.70. The lowest BCUT2D eigenvalue weighted by Gasteiger charge is -2.19. The van der Waals surface area contributed by atoms with Crippen LogP contribution in [0.1, 0.15) is 36.1 Å². The Hall–Kier alpha value is -4.56. The Morgan fingerprint density at radius 2 is 1.33 bits per heavy atom. The van der Waals surface area contributed by atoms with Crippen molar-refractivity contribution < 1.29 is 24.1 Å². The standard InChI is InChI=1S/C34H37N3O5/c1-8-40-18-26(42-34(39)20(2)3)19-41-25-11-14-29(30(38)17-25)33-36-31(27-12-9-21(4)15-23(27)6)35-32(37-33)28-13-10-22(5)16-24(28)7/h9-17,26,38H,2,8,18-19H2,1,3-7H3. The topological polar surface area (TPSA) is 104 Å². The summed E-state index contributed by atoms with van der Waals surface area (Å²) in [5, 5.41) is 11.1. The normalized spacial score (nSPS) is 11.7. The third kappa shape index (κ3) is 7.39. The summed E-state index contributed by atoms with van der Waals surface area (Å²) in [7, 11) is 0. The highest BCUT2D eigenvalue weighted by Crippen LogP contribution is 2.34. The summed E-state index contributed by atoms with van der Waals surface area (Å²) in [4.78, 5) is 26.4. The smallest absolute Gasteiger partial charge is 0.333 e. The average Bonchev–Trinajstić information content (AvgIpc) is 2.94. The molecule has 218 valence electrons. The number of nitrogens with zero attached hydrogens (tertiary/aromatic N) is 3. The molecule has 3 aromatic carbocycles. The molecule has 0 spiro atoms. The lowest BCUT2D eigenvalue weighted by Crippen LogP contribution is -2.30. The van der Waals surface area contributed by atoms with E-state index in [1.807, 2.05) is 58.9 Å². The quantitative estimate of drug-likeness (QED) is 0.157. The average molecular weight is 568 g/mol. The molecule has 4 rings (SSSR count). The molecule has 1 heterocycles. The number of esters is 1. The van der Waals surface area contributed by atoms with Crippen LogP contribution in [-0.4, -0.2) is 52.0 Å². The van der Waals surface area contributed by atoms with Crippen molar-refractivity contribution >= 4 is 5.97 Å². The maximum atomic E-state index is 12.0. The van der Waals surface area contributed by atoms with Crippen molar-refractivity contribution in [1.82, 2.24) is 15.0 Å². The van der Waals surface area contributed by atoms with Gasteiger partial charge >= 0.3 is 5.97 Å². The molecule has 0 aliphatic carbocycles. The van der Waals surface area contributed by atoms with Gasteiger partial charge in [-0.3, -0.25) is 0 Å². The summed E-state index contributed by atoms with van der Waals surface area (Å²) in [5.41, 5.74) is 6.87. The molecule has 0 amide bonds. The zero-order valence-electron chi connectivity index (χ0n) is 25.0. The lowest BCUT2D eigenvalue weighted by atomic mass is 10.0. The highest BCUT2D eigenvalue weighted by Gasteiger charge is 2.19. The van der Waals surface area contributed by atoms with Crippen LogP contribution >= 0.6 is 0 Å². The monoisotopic (exact) mass is 567 g/mol. The molecule has 0 fully saturated rings. The summed E-state index contributed by atoms with van der Waals surface area (Å²) in [6.07, 6.45) is -0.639. The van der Waals surface area contributed by atoms with Crippen LogP contribution in [0.5, 0.6) is 11.5 Å². The van der Waals surface area contributed by atoms with Crippen LogP contribution in [0, 0.1) is 27.7 Å². The summed E-state index contributed by atoms with van der Waals surface area (Å²) in [6, 6.07) is 17.1. The number of phenolic OH excluding ortho intramolecular Hbond substituents is 1. The van der Waals surface area contributed by atoms with Gasteiger partial charge in [-0.25, -0.2) is 19.7 Å². The van der Waals surface area contributed by atoms with Crippen molar-refractivity contribution in [3.63, 3.8) is 0 Å². The fraction of sp³-hybridized carbons (Fsp3) is 0.294. The zero-order valence-corrected chi connectivity index (χ0v) is 25.0. The van der Waals surface area contributed by atoms with Crippen LogP contribution in [0.25, 0.3) is 34.2 Å². The first-order valence-electron chi connectivity index (χ1n) is 13.9. The van der Waals surface area contributed by atoms with E-state index in [0.29, 0.717) is 35.4 Å². The van der Waals surface area contributed by atoms with Gasteiger partial charge in [-0.05, 0) is 64.8 Å². The van der Waals surface area contributed by atoms with Crippen LogP contribution in [0.2, 0.25) is 0 Å². The maximum Gasteiger partial charge on any atom is 0.333 e. The predicted molar refractivity (Wildman–Crippen MR) is 163 cm³/mol. The van der Waals surface area contributed by atoms with E-state index in [0.717, 1.165) is 33.4 Å². The molecule has 1 aromatic heterocycles. The third-order valence-electron chi connectivity index (χ3n) is 6.66. The molecular formula is C34H37N3O5. The second-order valence-corrected chi connectivity index (χ2v) is 10.4. The van der Waals surface area contributed by atoms with Crippen LogP contribution in [-0.2, 0) is 14.3 Å². The van der Waals surface area contributed by atoms with Gasteiger partial charge in [-0.15, -0.1) is 0 Å². The first-order valence-corrected chi connectivity index (χ1v) is 13.9. The van der Waals surface area contributed by atoms with Crippen LogP contribution in [0.15, 0.2) is 66.7 Å². The Morgan fingerprint density at radius 3 is 1.81 bits per heavy atom. The van der Waals surface area contributed by atoms with E-state index >= 15 is 0 Å². The van der Waals surface area contributed by atoms with Crippen LogP contribution in [0.3, 0.4) is 0 Å². The van der Waals surface area contributed by atoms with Crippen molar-refractivity contribution in [2.75, 3.05) is 19.8 Å². The van der Waals surface area contributed by atoms with Gasteiger partial charge in [0.2, 0.25) is 0 Å². The molecule has 42 heavy (non-hydrogen) atoms. The largest absolute Gasteiger partial charge is 0.507 e. The molecule has 0 radical (unpaired) electrons. The summed E-state index contributed by atoms with van der Waals surface area (Å²) < 4.78 is 16.7. The molecule has 8 heteroatoms. The number of hydrogen-bond acceptors (Lipinski definition) is 8. The summed E-state index contributed by atoms with van der Waals surface area (Å²) in [5.74, 6) is 1.19. The molecule has 4 aromatic rings. The first kappa shape index (κ1) is 30.4. The third-order valence-corrected chi connectivity index (χ3v) is 6.66. The van der Waals surface area contributed by atoms with E-state index in [9.17, 15) is 9.90 Å². The van der Waals surface area contributed by atoms with Crippen LogP contribution in [0.4, 0.5) is 0 Å². The minimum absolute atomic E-state index is 0.0389. The Morgan fingerprint density at radius 1 is 0.810 bits per heavy atom. The molecule has 0 aliphatic heterocycles. The number of phenols is 1. The van der Waals surface area contributed by atoms with Crippen molar-refractivity contribution in [3.8, 4) is 45.7 Å². The van der Waals surface area contributed by atoms with Crippen molar-refractivity contribution in [2.24, 2.45) is 0 Å². The van der Waals surface area contributed by atoms with Gasteiger partial charge in [0.05, 0.1) is 12.2 Å². The number of carbonyl (C=O) groups excluding carboxylic acids is 1. The van der Waals surface area contributed by atoms with E-state index in [1.165, 1.54) is 6.07 Å². The molecule has 1 N–H and O–H groups in total. The van der Waals surface area contributed by atoms with E-state index < -0.39 is 12.1 Å². The van der Waals surface area contributed by atoms with Gasteiger partial charge in [-0.2, -0.15) is 0 Å². The number of ether oxygens (including phenoxy) is 3. The van der Waals surface area contributed by atoms with Gasteiger partial charge < -0.3 is 19.3 Å². The molecule has 0 saturated carbocycles. The van der Waals surface area contributed by atoms with Gasteiger partial charge in [0, 0.05) is 29.4 Å². The summed E-state index contributed by atoms with van der Waals surface area (Å²) >= 11 is 0. The Labute approximate surface area is 247 Å². The molecule has 0 bridgehead atoms. The molecule has 0 aliphatic rings. The van der Waals surface area contributed by atoms with E-state index in [4.69, 9.17) is 29.2 Å². The highest BCUT2D eigenvalue weighted by molar-refractivity contribution is 5.87. The minimum atomic E-state index is -0.639. The molecule has 0 saturated heterocycles. The summed E-state index contributed by atoms with van der Waals surface area (Å²) in [6.45, 7) is 15.9. The van der Waals surface area contributed by atoms with E-state index in [2.05, 4.69) is 18.7 Å². The number of aromatic nitrogens is 3. The molecular weight excluding hydrogens is 530 g/mol. The molecule has 8 nitrogen and oxygen atoms in total. The van der Waals surface area contributed by atoms with Crippen molar-refractivity contribution in [1.29, 1.82) is 0 Å². The first-order chi connectivity index (χ1) is 20.0. The number of hydrogen-bond donors (Lipinski definition) is 1. The van der Waals surface area contributed by atoms with E-state index in [1.54, 1.807) is 19.1 Å². The van der Waals surface area contributed by atoms with Crippen LogP contribution < -0.4 is 4.74 Å². The van der Waals surface area contributed by atoms with Gasteiger partial charge in [0.1, 0.15) is 18.1 Å². The Bertz CT molecular complexity index is 1550. The number of rotatable bonds is 11. The predicted octanol–water partition coefficient (Wildman–Crippen LogP) is 6.72. The fourth-order valence-corrected chi connectivity index (χ4v) is 4.46. The molecule has 1 unspecified atom stereocenters. The zero-order chi connectivity index (χ0) is 30.4. The minimum Gasteiger partial charge on any atom is -0.507 e. The van der Waals surface area contributed by atoms with Gasteiger partial charge in [0.15, 0.2) is 23.6 Å². The maximum absolute atomic E-state index is 12.0. The van der Waals surface area contributed by atoms with Crippen molar-refractivity contribution in [3.05, 3.63) is 89.0 Å². The number of aromatic hydroxyl groups is 1. The number of carbonyl (C=O) groups is 1. The van der Waals surface area contributed by atoms with Gasteiger partial charge in [-0.1, -0.05) is 54.1 Å². The lowest BCUT2D eigenvalue weighted by molar-refractivity contribution is -0.149. The van der Waals surface area contributed by atoms with Crippen molar-refractivity contribution in [2.45, 2.75) is 47.6 Å². The highest BCUT2D eigenvalue weighted by atomic mass is 16.6. The number of aryl methyl sites for hydroxylation is 4. The number of benzene rings is 3. The Balaban J connectivity index is 1.69. The second kappa shape index (κ2) is 13.4. The van der Waals surface area contributed by atoms with Gasteiger partial charge in [0.25, 0.3) is 0 Å².